The third-order valence-corrected chi connectivity index (χ3v) is 5.75. The summed E-state index contributed by atoms with van der Waals surface area (Å²) < 4.78 is 16.3. The van der Waals surface area contributed by atoms with E-state index in [1.807, 2.05) is 36.0 Å². The van der Waals surface area contributed by atoms with Crippen molar-refractivity contribution in [3.63, 3.8) is 0 Å². The second-order valence-electron chi connectivity index (χ2n) is 7.93. The summed E-state index contributed by atoms with van der Waals surface area (Å²) in [6, 6.07) is 9.81. The van der Waals surface area contributed by atoms with Gasteiger partial charge in [0.1, 0.15) is 5.82 Å². The second-order valence-corrected chi connectivity index (χ2v) is 7.93. The number of carbonyl (C=O) groups excluding carboxylic acids is 1. The maximum absolute atomic E-state index is 14.3. The molecule has 0 saturated carbocycles. The number of urea groups is 1. The van der Waals surface area contributed by atoms with Gasteiger partial charge in [-0.05, 0) is 49.7 Å². The zero-order chi connectivity index (χ0) is 22.0. The molecule has 1 aliphatic heterocycles. The van der Waals surface area contributed by atoms with Crippen LogP contribution in [0.5, 0.6) is 0 Å². The number of halogens is 1. The summed E-state index contributed by atoms with van der Waals surface area (Å²) >= 11 is 0. The molecule has 1 atom stereocenters. The Hall–Kier alpha value is -3.44. The minimum atomic E-state index is -0.438. The number of hydrogen-bond acceptors (Lipinski definition) is 4. The summed E-state index contributed by atoms with van der Waals surface area (Å²) in [7, 11) is 3.58. The lowest BCUT2D eigenvalue weighted by atomic mass is 10.1. The van der Waals surface area contributed by atoms with Gasteiger partial charge in [-0.15, -0.1) is 0 Å². The van der Waals surface area contributed by atoms with Crippen LogP contribution in [0.4, 0.5) is 15.0 Å². The number of rotatable bonds is 4. The summed E-state index contributed by atoms with van der Waals surface area (Å²) in [5.41, 5.74) is 1.55. The minimum Gasteiger partial charge on any atom is -0.348 e. The second kappa shape index (κ2) is 8.74. The Morgan fingerprint density at radius 3 is 2.97 bits per heavy atom. The standard InChI is InChI=1S/C23H25FN6O/c1-28-11-8-17-7-10-27-22(21(17)28)30(19-4-3-9-26-14-19)23(31)29(2)15-18-12-16(13-25)5-6-20(18)24/h5-8,10-12,19,26H,3-4,9,14-15H2,1-2H3/t19-/m1/s1. The summed E-state index contributed by atoms with van der Waals surface area (Å²) in [4.78, 5) is 21.5. The lowest BCUT2D eigenvalue weighted by Crippen LogP contribution is -2.53. The third kappa shape index (κ3) is 4.09. The highest BCUT2D eigenvalue weighted by Crippen LogP contribution is 2.29. The summed E-state index contributed by atoms with van der Waals surface area (Å²) in [5.74, 6) is 0.161. The van der Waals surface area contributed by atoms with Gasteiger partial charge in [-0.25, -0.2) is 14.2 Å². The predicted molar refractivity (Wildman–Crippen MR) is 117 cm³/mol. The van der Waals surface area contributed by atoms with Gasteiger partial charge in [0.25, 0.3) is 0 Å². The number of nitrogens with one attached hydrogen (secondary N) is 1. The lowest BCUT2D eigenvalue weighted by Gasteiger charge is -2.36. The number of hydrogen-bond donors (Lipinski definition) is 1. The Kier molecular flexibility index (Phi) is 5.87. The first-order valence-electron chi connectivity index (χ1n) is 10.3. The average Bonchev–Trinajstić information content (AvgIpc) is 3.17. The first kappa shape index (κ1) is 20.8. The van der Waals surface area contributed by atoms with Crippen LogP contribution in [0.1, 0.15) is 24.0 Å². The van der Waals surface area contributed by atoms with Crippen molar-refractivity contribution in [3.8, 4) is 6.07 Å². The molecular formula is C23H25FN6O. The van der Waals surface area contributed by atoms with Gasteiger partial charge in [0.2, 0.25) is 0 Å². The third-order valence-electron chi connectivity index (χ3n) is 5.75. The van der Waals surface area contributed by atoms with Gasteiger partial charge in [0, 0.05) is 44.0 Å². The molecule has 2 amide bonds. The van der Waals surface area contributed by atoms with Gasteiger partial charge in [-0.1, -0.05) is 0 Å². The molecule has 160 valence electrons. The van der Waals surface area contributed by atoms with E-state index >= 15 is 0 Å². The molecule has 1 fully saturated rings. The van der Waals surface area contributed by atoms with E-state index in [1.54, 1.807) is 18.1 Å². The summed E-state index contributed by atoms with van der Waals surface area (Å²) in [6.07, 6.45) is 5.47. The van der Waals surface area contributed by atoms with E-state index < -0.39 is 5.82 Å². The van der Waals surface area contributed by atoms with Gasteiger partial charge in [-0.3, -0.25) is 4.90 Å². The molecule has 7 nitrogen and oxygen atoms in total. The predicted octanol–water partition coefficient (Wildman–Crippen LogP) is 3.39. The maximum atomic E-state index is 14.3. The smallest absolute Gasteiger partial charge is 0.326 e. The zero-order valence-corrected chi connectivity index (χ0v) is 17.7. The number of nitriles is 1. The molecule has 0 unspecified atom stereocenters. The fraction of sp³-hybridized carbons (Fsp3) is 0.348. The number of fused-ring (bicyclic) bond motifs is 1. The molecule has 0 aliphatic carbocycles. The first-order valence-corrected chi connectivity index (χ1v) is 10.3. The molecule has 3 aromatic rings. The largest absolute Gasteiger partial charge is 0.348 e. The highest BCUT2D eigenvalue weighted by molar-refractivity contribution is 6.00. The highest BCUT2D eigenvalue weighted by Gasteiger charge is 2.32. The molecule has 1 aromatic carbocycles. The van der Waals surface area contributed by atoms with Crippen LogP contribution in [-0.2, 0) is 13.6 Å². The molecule has 8 heteroatoms. The van der Waals surface area contributed by atoms with E-state index in [2.05, 4.69) is 10.3 Å². The first-order chi connectivity index (χ1) is 15.0. The normalized spacial score (nSPS) is 16.1. The Morgan fingerprint density at radius 2 is 2.23 bits per heavy atom. The number of carbonyl (C=O) groups is 1. The van der Waals surface area contributed by atoms with Crippen molar-refractivity contribution < 1.29 is 9.18 Å². The number of pyridine rings is 1. The van der Waals surface area contributed by atoms with E-state index in [1.165, 1.54) is 23.1 Å². The van der Waals surface area contributed by atoms with Crippen molar-refractivity contribution in [1.29, 1.82) is 5.26 Å². The van der Waals surface area contributed by atoms with Crippen molar-refractivity contribution in [2.45, 2.75) is 25.4 Å². The van der Waals surface area contributed by atoms with E-state index in [4.69, 9.17) is 5.26 Å². The van der Waals surface area contributed by atoms with Crippen LogP contribution in [0.15, 0.2) is 42.7 Å². The highest BCUT2D eigenvalue weighted by atomic mass is 19.1. The van der Waals surface area contributed by atoms with Crippen molar-refractivity contribution >= 4 is 22.8 Å². The molecule has 1 N–H and O–H groups in total. The van der Waals surface area contributed by atoms with Crippen LogP contribution in [-0.4, -0.2) is 46.7 Å². The Morgan fingerprint density at radius 1 is 1.39 bits per heavy atom. The van der Waals surface area contributed by atoms with Crippen LogP contribution in [0.2, 0.25) is 0 Å². The van der Waals surface area contributed by atoms with Crippen LogP contribution >= 0.6 is 0 Å². The molecule has 0 bridgehead atoms. The quantitative estimate of drug-likeness (QED) is 0.702. The van der Waals surface area contributed by atoms with E-state index in [-0.39, 0.29) is 18.6 Å². The number of aryl methyl sites for hydroxylation is 1. The molecule has 1 aliphatic rings. The molecule has 0 spiro atoms. The molecule has 2 aromatic heterocycles. The van der Waals surface area contributed by atoms with Crippen molar-refractivity contribution in [1.82, 2.24) is 19.8 Å². The van der Waals surface area contributed by atoms with Crippen LogP contribution in [0, 0.1) is 17.1 Å². The minimum absolute atomic E-state index is 0.0555. The SMILES string of the molecule is CN(Cc1cc(C#N)ccc1F)C(=O)N(c1nccc2ccn(C)c12)[C@@H]1CCCNC1. The Labute approximate surface area is 180 Å². The number of amides is 2. The van der Waals surface area contributed by atoms with E-state index in [0.717, 1.165) is 30.3 Å². The van der Waals surface area contributed by atoms with Crippen molar-refractivity contribution in [2.24, 2.45) is 7.05 Å². The number of aromatic nitrogens is 2. The van der Waals surface area contributed by atoms with Gasteiger partial charge >= 0.3 is 6.03 Å². The Balaban J connectivity index is 1.71. The number of benzene rings is 1. The molecular weight excluding hydrogens is 395 g/mol. The molecule has 0 radical (unpaired) electrons. The topological polar surface area (TPSA) is 77.2 Å². The lowest BCUT2D eigenvalue weighted by molar-refractivity contribution is 0.208. The van der Waals surface area contributed by atoms with Crippen LogP contribution < -0.4 is 10.2 Å². The fourth-order valence-electron chi connectivity index (χ4n) is 4.14. The molecule has 31 heavy (non-hydrogen) atoms. The maximum Gasteiger partial charge on any atom is 0.326 e. The van der Waals surface area contributed by atoms with Gasteiger partial charge < -0.3 is 14.8 Å². The van der Waals surface area contributed by atoms with Crippen LogP contribution in [0.25, 0.3) is 10.9 Å². The monoisotopic (exact) mass is 420 g/mol. The van der Waals surface area contributed by atoms with E-state index in [9.17, 15) is 9.18 Å². The van der Waals surface area contributed by atoms with E-state index in [0.29, 0.717) is 23.5 Å². The van der Waals surface area contributed by atoms with Crippen LogP contribution in [0.3, 0.4) is 0 Å². The van der Waals surface area contributed by atoms with Crippen molar-refractivity contribution in [2.75, 3.05) is 25.0 Å². The molecule has 1 saturated heterocycles. The van der Waals surface area contributed by atoms with Crippen molar-refractivity contribution in [3.05, 3.63) is 59.7 Å². The molecule has 4 rings (SSSR count). The fourth-order valence-corrected chi connectivity index (χ4v) is 4.14. The average molecular weight is 420 g/mol. The zero-order valence-electron chi connectivity index (χ0n) is 17.7. The Bertz CT molecular complexity index is 1140. The summed E-state index contributed by atoms with van der Waals surface area (Å²) in [6.45, 7) is 1.64. The van der Waals surface area contributed by atoms with Gasteiger partial charge in [0.15, 0.2) is 5.82 Å². The number of nitrogens with zero attached hydrogens (tertiary/aromatic N) is 5. The molecule has 3 heterocycles. The van der Waals surface area contributed by atoms with Gasteiger partial charge in [-0.2, -0.15) is 5.26 Å². The number of anilines is 1. The summed E-state index contributed by atoms with van der Waals surface area (Å²) in [5, 5.41) is 13.5. The number of piperidine rings is 1. The van der Waals surface area contributed by atoms with Gasteiger partial charge in [0.05, 0.1) is 29.7 Å².